The minimum atomic E-state index is 0.0625. The van der Waals surface area contributed by atoms with Gasteiger partial charge in [-0.1, -0.05) is 47.6 Å². The highest BCUT2D eigenvalue weighted by Gasteiger charge is 2.15. The van der Waals surface area contributed by atoms with E-state index in [-0.39, 0.29) is 20.9 Å². The zero-order valence-electron chi connectivity index (χ0n) is 11.7. The van der Waals surface area contributed by atoms with Crippen LogP contribution in [0.15, 0.2) is 12.1 Å². The number of hydrogen-bond acceptors (Lipinski definition) is 5. The fourth-order valence-corrected chi connectivity index (χ4v) is 3.21. The molecule has 5 nitrogen and oxygen atoms in total. The third-order valence-electron chi connectivity index (χ3n) is 3.01. The van der Waals surface area contributed by atoms with Crippen molar-refractivity contribution in [1.29, 1.82) is 0 Å². The van der Waals surface area contributed by atoms with Gasteiger partial charge in [0.05, 0.1) is 0 Å². The second kappa shape index (κ2) is 9.04. The standard InChI is InChI=1S/C9H11Cl2N3.C4HCl3N2/c10-7-5-8(14-9(11)13-7)12-6-3-1-2-4-6;5-2-1-3(6)9-4(7)8-2/h5-6H,1-4H2,(H,12,13,14);1H. The first-order chi connectivity index (χ1) is 10.9. The molecule has 0 saturated heterocycles. The molecule has 124 valence electrons. The number of nitrogens with one attached hydrogen (secondary N) is 1. The molecule has 23 heavy (non-hydrogen) atoms. The van der Waals surface area contributed by atoms with Gasteiger partial charge in [0, 0.05) is 18.2 Å². The summed E-state index contributed by atoms with van der Waals surface area (Å²) >= 11 is 27.7. The molecule has 1 aliphatic carbocycles. The average Bonchev–Trinajstić information content (AvgIpc) is 2.89. The normalized spacial score (nSPS) is 14.3. The molecule has 3 rings (SSSR count). The van der Waals surface area contributed by atoms with Gasteiger partial charge in [0.2, 0.25) is 10.6 Å². The fourth-order valence-electron chi connectivity index (χ4n) is 2.11. The molecule has 1 aliphatic rings. The Morgan fingerprint density at radius 2 is 1.22 bits per heavy atom. The highest BCUT2D eigenvalue weighted by atomic mass is 35.5. The summed E-state index contributed by atoms with van der Waals surface area (Å²) in [6.45, 7) is 0. The molecule has 0 bridgehead atoms. The highest BCUT2D eigenvalue weighted by molar-refractivity contribution is 6.35. The summed E-state index contributed by atoms with van der Waals surface area (Å²) < 4.78 is 0. The molecule has 2 heterocycles. The summed E-state index contributed by atoms with van der Waals surface area (Å²) in [5, 5.41) is 4.44. The minimum Gasteiger partial charge on any atom is -0.367 e. The van der Waals surface area contributed by atoms with Crippen LogP contribution in [0.2, 0.25) is 26.0 Å². The molecule has 0 spiro atoms. The lowest BCUT2D eigenvalue weighted by Crippen LogP contribution is -2.15. The summed E-state index contributed by atoms with van der Waals surface area (Å²) in [5.74, 6) is 0.724. The van der Waals surface area contributed by atoms with Crippen LogP contribution in [-0.4, -0.2) is 26.0 Å². The maximum Gasteiger partial charge on any atom is 0.225 e. The first-order valence-electron chi connectivity index (χ1n) is 6.74. The minimum absolute atomic E-state index is 0.0625. The van der Waals surface area contributed by atoms with Crippen LogP contribution in [-0.2, 0) is 0 Å². The van der Waals surface area contributed by atoms with E-state index in [1.165, 1.54) is 31.7 Å². The molecule has 10 heteroatoms. The largest absolute Gasteiger partial charge is 0.367 e. The van der Waals surface area contributed by atoms with Gasteiger partial charge in [-0.15, -0.1) is 0 Å². The van der Waals surface area contributed by atoms with E-state index >= 15 is 0 Å². The van der Waals surface area contributed by atoms with Crippen LogP contribution in [0.5, 0.6) is 0 Å². The van der Waals surface area contributed by atoms with Gasteiger partial charge < -0.3 is 5.32 Å². The Bertz CT molecular complexity index is 592. The molecule has 1 saturated carbocycles. The highest BCUT2D eigenvalue weighted by Crippen LogP contribution is 2.23. The van der Waals surface area contributed by atoms with E-state index in [1.807, 2.05) is 0 Å². The number of aromatic nitrogens is 4. The number of halogens is 5. The Labute approximate surface area is 158 Å². The quantitative estimate of drug-likeness (QED) is 0.513. The molecular formula is C13H12Cl5N5. The Balaban J connectivity index is 0.000000185. The van der Waals surface area contributed by atoms with Gasteiger partial charge in [0.15, 0.2) is 0 Å². The van der Waals surface area contributed by atoms with Crippen LogP contribution in [0.1, 0.15) is 25.7 Å². The van der Waals surface area contributed by atoms with Crippen molar-refractivity contribution in [2.45, 2.75) is 31.7 Å². The van der Waals surface area contributed by atoms with Gasteiger partial charge in [0.25, 0.3) is 0 Å². The topological polar surface area (TPSA) is 63.6 Å². The first kappa shape index (κ1) is 18.7. The van der Waals surface area contributed by atoms with Crippen molar-refractivity contribution >= 4 is 63.8 Å². The second-order valence-corrected chi connectivity index (χ2v) is 6.59. The van der Waals surface area contributed by atoms with Gasteiger partial charge >= 0.3 is 0 Å². The van der Waals surface area contributed by atoms with Crippen molar-refractivity contribution in [2.24, 2.45) is 0 Å². The van der Waals surface area contributed by atoms with Crippen LogP contribution < -0.4 is 5.32 Å². The Morgan fingerprint density at radius 3 is 1.70 bits per heavy atom. The maximum absolute atomic E-state index is 5.76. The van der Waals surface area contributed by atoms with Crippen molar-refractivity contribution in [3.05, 3.63) is 38.2 Å². The lowest BCUT2D eigenvalue weighted by Gasteiger charge is -2.12. The van der Waals surface area contributed by atoms with Crippen molar-refractivity contribution in [3.63, 3.8) is 0 Å². The zero-order chi connectivity index (χ0) is 16.8. The summed E-state index contributed by atoms with van der Waals surface area (Å²) in [6.07, 6.45) is 4.95. The molecule has 0 atom stereocenters. The van der Waals surface area contributed by atoms with E-state index in [1.54, 1.807) is 6.07 Å². The third-order valence-corrected chi connectivity index (χ3v) is 3.93. The van der Waals surface area contributed by atoms with E-state index in [9.17, 15) is 0 Å². The van der Waals surface area contributed by atoms with Crippen molar-refractivity contribution in [3.8, 4) is 0 Å². The molecular weight excluding hydrogens is 403 g/mol. The van der Waals surface area contributed by atoms with E-state index in [0.29, 0.717) is 11.2 Å². The Morgan fingerprint density at radius 1 is 0.739 bits per heavy atom. The molecule has 1 fully saturated rings. The lowest BCUT2D eigenvalue weighted by molar-refractivity contribution is 0.750. The lowest BCUT2D eigenvalue weighted by atomic mass is 10.2. The second-order valence-electron chi connectivity index (χ2n) is 4.75. The van der Waals surface area contributed by atoms with Crippen LogP contribution >= 0.6 is 58.0 Å². The van der Waals surface area contributed by atoms with Crippen LogP contribution in [0.25, 0.3) is 0 Å². The molecule has 0 unspecified atom stereocenters. The van der Waals surface area contributed by atoms with Gasteiger partial charge in [-0.05, 0) is 36.0 Å². The molecule has 2 aromatic heterocycles. The maximum atomic E-state index is 5.76. The number of anilines is 1. The Hall–Kier alpha value is -0.590. The smallest absolute Gasteiger partial charge is 0.225 e. The molecule has 0 radical (unpaired) electrons. The Kier molecular flexibility index (Phi) is 7.37. The molecule has 2 aromatic rings. The summed E-state index contributed by atoms with van der Waals surface area (Å²) in [6, 6.07) is 3.62. The summed E-state index contributed by atoms with van der Waals surface area (Å²) in [7, 11) is 0. The van der Waals surface area contributed by atoms with Crippen molar-refractivity contribution < 1.29 is 0 Å². The van der Waals surface area contributed by atoms with Gasteiger partial charge in [-0.2, -0.15) is 0 Å². The molecule has 1 N–H and O–H groups in total. The van der Waals surface area contributed by atoms with Crippen molar-refractivity contribution in [2.75, 3.05) is 5.32 Å². The van der Waals surface area contributed by atoms with Gasteiger partial charge in [-0.25, -0.2) is 19.9 Å². The van der Waals surface area contributed by atoms with Crippen LogP contribution in [0.4, 0.5) is 5.82 Å². The van der Waals surface area contributed by atoms with E-state index in [4.69, 9.17) is 58.0 Å². The van der Waals surface area contributed by atoms with Crippen LogP contribution in [0.3, 0.4) is 0 Å². The average molecular weight is 416 g/mol. The predicted molar refractivity (Wildman–Crippen MR) is 95.0 cm³/mol. The van der Waals surface area contributed by atoms with E-state index in [0.717, 1.165) is 5.82 Å². The molecule has 0 aliphatic heterocycles. The van der Waals surface area contributed by atoms with Crippen molar-refractivity contribution in [1.82, 2.24) is 19.9 Å². The SMILES string of the molecule is Clc1cc(Cl)nc(Cl)n1.Clc1cc(NC2CCCC2)nc(Cl)n1. The van der Waals surface area contributed by atoms with E-state index in [2.05, 4.69) is 25.3 Å². The molecule has 0 aromatic carbocycles. The van der Waals surface area contributed by atoms with Gasteiger partial charge in [0.1, 0.15) is 21.3 Å². The fraction of sp³-hybridized carbons (Fsp3) is 0.385. The number of rotatable bonds is 2. The van der Waals surface area contributed by atoms with E-state index < -0.39 is 0 Å². The zero-order valence-corrected chi connectivity index (χ0v) is 15.5. The summed E-state index contributed by atoms with van der Waals surface area (Å²) in [4.78, 5) is 15.0. The molecule has 0 amide bonds. The summed E-state index contributed by atoms with van der Waals surface area (Å²) in [5.41, 5.74) is 0. The number of nitrogens with zero attached hydrogens (tertiary/aromatic N) is 4. The number of hydrogen-bond donors (Lipinski definition) is 1. The first-order valence-corrected chi connectivity index (χ1v) is 8.63. The van der Waals surface area contributed by atoms with Gasteiger partial charge in [-0.3, -0.25) is 0 Å². The third kappa shape index (κ3) is 6.81. The monoisotopic (exact) mass is 413 g/mol. The predicted octanol–water partition coefficient (Wildman–Crippen LogP) is 5.57. The van der Waals surface area contributed by atoms with Crippen LogP contribution in [0, 0.1) is 0 Å².